The molecule has 146 valence electrons. The van der Waals surface area contributed by atoms with E-state index in [9.17, 15) is 4.79 Å². The molecule has 0 amide bonds. The van der Waals surface area contributed by atoms with E-state index in [1.165, 1.54) is 19.3 Å². The zero-order valence-electron chi connectivity index (χ0n) is 16.4. The van der Waals surface area contributed by atoms with Gasteiger partial charge in [0.15, 0.2) is 11.4 Å². The van der Waals surface area contributed by atoms with Gasteiger partial charge >= 0.3 is 0 Å². The molecule has 2 aromatic heterocycles. The molecule has 6 heteroatoms. The molecule has 6 nitrogen and oxygen atoms in total. The zero-order chi connectivity index (χ0) is 18.8. The first-order valence-electron chi connectivity index (χ1n) is 10.4. The van der Waals surface area contributed by atoms with Gasteiger partial charge in [0, 0.05) is 19.5 Å². The molecule has 4 rings (SSSR count). The van der Waals surface area contributed by atoms with Crippen LogP contribution in [0.15, 0.2) is 12.1 Å². The van der Waals surface area contributed by atoms with Crippen LogP contribution in [-0.4, -0.2) is 39.7 Å². The van der Waals surface area contributed by atoms with Crippen molar-refractivity contribution in [3.05, 3.63) is 17.8 Å². The highest BCUT2D eigenvalue weighted by molar-refractivity contribution is 6.05. The van der Waals surface area contributed by atoms with Crippen LogP contribution < -0.4 is 10.1 Å². The second kappa shape index (κ2) is 7.97. The quantitative estimate of drug-likeness (QED) is 0.816. The third-order valence-corrected chi connectivity index (χ3v) is 6.16. The van der Waals surface area contributed by atoms with Crippen molar-refractivity contribution in [3.63, 3.8) is 0 Å². The van der Waals surface area contributed by atoms with Gasteiger partial charge in [0.2, 0.25) is 5.88 Å². The fourth-order valence-corrected chi connectivity index (χ4v) is 4.44. The average molecular weight is 370 g/mol. The predicted molar refractivity (Wildman–Crippen MR) is 105 cm³/mol. The molecule has 1 aliphatic heterocycles. The summed E-state index contributed by atoms with van der Waals surface area (Å²) in [4.78, 5) is 17.5. The molecule has 1 N–H and O–H groups in total. The largest absolute Gasteiger partial charge is 0.474 e. The molecular weight excluding hydrogens is 340 g/mol. The van der Waals surface area contributed by atoms with Crippen LogP contribution in [0, 0.1) is 11.8 Å². The first-order chi connectivity index (χ1) is 13.1. The predicted octanol–water partition coefficient (Wildman–Crippen LogP) is 3.50. The number of ketones is 1. The third-order valence-electron chi connectivity index (χ3n) is 6.16. The first-order valence-corrected chi connectivity index (χ1v) is 10.4. The summed E-state index contributed by atoms with van der Waals surface area (Å²) < 4.78 is 7.89. The lowest BCUT2D eigenvalue weighted by atomic mass is 9.88. The van der Waals surface area contributed by atoms with Gasteiger partial charge in [-0.15, -0.1) is 0 Å². The van der Waals surface area contributed by atoms with Gasteiger partial charge in [-0.1, -0.05) is 13.3 Å². The van der Waals surface area contributed by atoms with Gasteiger partial charge in [-0.3, -0.25) is 4.79 Å². The van der Waals surface area contributed by atoms with Gasteiger partial charge in [0.1, 0.15) is 11.8 Å². The summed E-state index contributed by atoms with van der Waals surface area (Å²) in [6, 6.07) is 3.85. The molecule has 0 radical (unpaired) electrons. The zero-order valence-corrected chi connectivity index (χ0v) is 16.4. The Labute approximate surface area is 160 Å². The Morgan fingerprint density at radius 1 is 1.22 bits per heavy atom. The second-order valence-corrected chi connectivity index (χ2v) is 8.23. The summed E-state index contributed by atoms with van der Waals surface area (Å²) in [5, 5.41) is 8.67. The molecule has 0 aromatic carbocycles. The molecule has 27 heavy (non-hydrogen) atoms. The highest BCUT2D eigenvalue weighted by Gasteiger charge is 2.25. The maximum atomic E-state index is 12.8. The maximum absolute atomic E-state index is 12.8. The van der Waals surface area contributed by atoms with Crippen LogP contribution in [0.1, 0.15) is 62.4 Å². The standard InChI is InChI=1S/C21H30N4O2/c1-14-5-3-4-6-18(14)27-19-8-7-16-20(24-25(2)21(16)23-19)17(26)13-15-9-11-22-12-10-15/h7-8,14-15,18,22H,3-6,9-13H2,1-2H3. The van der Waals surface area contributed by atoms with E-state index in [1.54, 1.807) is 4.68 Å². The summed E-state index contributed by atoms with van der Waals surface area (Å²) in [5.41, 5.74) is 1.28. The normalized spacial score (nSPS) is 24.2. The molecule has 2 fully saturated rings. The fourth-order valence-electron chi connectivity index (χ4n) is 4.44. The van der Waals surface area contributed by atoms with Crippen LogP contribution in [0.25, 0.3) is 11.0 Å². The molecule has 1 saturated heterocycles. The Balaban J connectivity index is 1.52. The number of piperidine rings is 1. The SMILES string of the molecule is CC1CCCCC1Oc1ccc2c(C(=O)CC3CCNCC3)nn(C)c2n1. The number of nitrogens with one attached hydrogen (secondary N) is 1. The van der Waals surface area contributed by atoms with E-state index in [0.717, 1.165) is 43.4 Å². The number of hydrogen-bond acceptors (Lipinski definition) is 5. The maximum Gasteiger partial charge on any atom is 0.215 e. The van der Waals surface area contributed by atoms with E-state index in [0.29, 0.717) is 29.8 Å². The van der Waals surface area contributed by atoms with Crippen LogP contribution in [0.4, 0.5) is 0 Å². The monoisotopic (exact) mass is 370 g/mol. The lowest BCUT2D eigenvalue weighted by Crippen LogP contribution is -2.29. The summed E-state index contributed by atoms with van der Waals surface area (Å²) >= 11 is 0. The molecule has 2 atom stereocenters. The Hall–Kier alpha value is -1.95. The van der Waals surface area contributed by atoms with Crippen molar-refractivity contribution in [1.29, 1.82) is 0 Å². The van der Waals surface area contributed by atoms with Crippen LogP contribution in [0.3, 0.4) is 0 Å². The summed E-state index contributed by atoms with van der Waals surface area (Å²) in [6.45, 7) is 4.26. The van der Waals surface area contributed by atoms with E-state index >= 15 is 0 Å². The molecule has 2 unspecified atom stereocenters. The number of carbonyl (C=O) groups is 1. The lowest BCUT2D eigenvalue weighted by Gasteiger charge is -2.28. The van der Waals surface area contributed by atoms with Crippen LogP contribution in [0.5, 0.6) is 5.88 Å². The van der Waals surface area contributed by atoms with Gasteiger partial charge in [-0.2, -0.15) is 10.1 Å². The molecule has 2 aliphatic rings. The minimum Gasteiger partial charge on any atom is -0.474 e. The highest BCUT2D eigenvalue weighted by atomic mass is 16.5. The van der Waals surface area contributed by atoms with Crippen LogP contribution >= 0.6 is 0 Å². The van der Waals surface area contributed by atoms with Crippen molar-refractivity contribution in [2.75, 3.05) is 13.1 Å². The molecular formula is C21H30N4O2. The van der Waals surface area contributed by atoms with E-state index < -0.39 is 0 Å². The van der Waals surface area contributed by atoms with Gasteiger partial charge in [0.05, 0.1) is 5.39 Å². The van der Waals surface area contributed by atoms with Crippen molar-refractivity contribution in [3.8, 4) is 5.88 Å². The summed E-state index contributed by atoms with van der Waals surface area (Å²) in [5.74, 6) is 1.79. The fraction of sp³-hybridized carbons (Fsp3) is 0.667. The topological polar surface area (TPSA) is 69.0 Å². The number of aryl methyl sites for hydroxylation is 1. The number of Topliss-reactive ketones (excluding diaryl/α,β-unsaturated/α-hetero) is 1. The number of ether oxygens (including phenoxy) is 1. The average Bonchev–Trinajstić information content (AvgIpc) is 3.01. The number of pyridine rings is 1. The molecule has 1 saturated carbocycles. The number of rotatable bonds is 5. The molecule has 0 bridgehead atoms. The number of carbonyl (C=O) groups excluding carboxylic acids is 1. The Kier molecular flexibility index (Phi) is 5.43. The molecule has 3 heterocycles. The summed E-state index contributed by atoms with van der Waals surface area (Å²) in [6.07, 6.45) is 7.75. The summed E-state index contributed by atoms with van der Waals surface area (Å²) in [7, 11) is 1.85. The van der Waals surface area contributed by atoms with Crippen molar-refractivity contribution >= 4 is 16.8 Å². The van der Waals surface area contributed by atoms with E-state index in [1.807, 2.05) is 19.2 Å². The lowest BCUT2D eigenvalue weighted by molar-refractivity contribution is 0.0948. The van der Waals surface area contributed by atoms with Crippen molar-refractivity contribution in [2.24, 2.45) is 18.9 Å². The van der Waals surface area contributed by atoms with Gasteiger partial charge in [-0.25, -0.2) is 4.68 Å². The molecule has 0 spiro atoms. The minimum atomic E-state index is 0.129. The van der Waals surface area contributed by atoms with Crippen molar-refractivity contribution in [2.45, 2.75) is 58.0 Å². The number of hydrogen-bond donors (Lipinski definition) is 1. The van der Waals surface area contributed by atoms with Crippen molar-refractivity contribution in [1.82, 2.24) is 20.1 Å². The number of aromatic nitrogens is 3. The van der Waals surface area contributed by atoms with E-state index in [2.05, 4.69) is 22.3 Å². The third kappa shape index (κ3) is 4.00. The first kappa shape index (κ1) is 18.4. The van der Waals surface area contributed by atoms with E-state index in [4.69, 9.17) is 4.74 Å². The van der Waals surface area contributed by atoms with Gasteiger partial charge in [0.25, 0.3) is 0 Å². The molecule has 1 aliphatic carbocycles. The van der Waals surface area contributed by atoms with E-state index in [-0.39, 0.29) is 11.9 Å². The van der Waals surface area contributed by atoms with Crippen LogP contribution in [0.2, 0.25) is 0 Å². The number of fused-ring (bicyclic) bond motifs is 1. The van der Waals surface area contributed by atoms with Gasteiger partial charge in [-0.05, 0) is 63.1 Å². The smallest absolute Gasteiger partial charge is 0.215 e. The second-order valence-electron chi connectivity index (χ2n) is 8.23. The minimum absolute atomic E-state index is 0.129. The Morgan fingerprint density at radius 2 is 2.00 bits per heavy atom. The van der Waals surface area contributed by atoms with Crippen LogP contribution in [-0.2, 0) is 7.05 Å². The Bertz CT molecular complexity index is 810. The van der Waals surface area contributed by atoms with Gasteiger partial charge < -0.3 is 10.1 Å². The molecule has 2 aromatic rings. The Morgan fingerprint density at radius 3 is 2.78 bits per heavy atom. The number of nitrogens with zero attached hydrogens (tertiary/aromatic N) is 3. The van der Waals surface area contributed by atoms with Crippen molar-refractivity contribution < 1.29 is 9.53 Å². The highest BCUT2D eigenvalue weighted by Crippen LogP contribution is 2.29.